The standard InChI is InChI=1S/C28H23Br2ClN2O3S/c29-21-12-17(13-22(30)26(21)36-16-18-6-1-3-9-23(18)31)14-33-28-25(20-8-2-4-10-24(20)37-28)27(34)32-15-19-7-5-11-35-19/h1,3,5-7,9,11-14H,2,4,8,10,15-16H2,(H,32,34). The van der Waals surface area contributed by atoms with E-state index in [9.17, 15) is 4.79 Å². The number of carbonyl (C=O) groups is 1. The zero-order valence-corrected chi connectivity index (χ0v) is 24.5. The van der Waals surface area contributed by atoms with Crippen LogP contribution in [0, 0.1) is 0 Å². The summed E-state index contributed by atoms with van der Waals surface area (Å²) in [5, 5.41) is 4.39. The number of amides is 1. The fraction of sp³-hybridized carbons (Fsp3) is 0.214. The molecule has 4 aromatic rings. The fourth-order valence-electron chi connectivity index (χ4n) is 4.24. The van der Waals surface area contributed by atoms with E-state index >= 15 is 0 Å². The van der Waals surface area contributed by atoms with Gasteiger partial charge in [0, 0.05) is 21.7 Å². The van der Waals surface area contributed by atoms with Crippen molar-refractivity contribution in [2.75, 3.05) is 0 Å². The number of aryl methyl sites for hydroxylation is 1. The number of benzene rings is 2. The van der Waals surface area contributed by atoms with E-state index < -0.39 is 0 Å². The number of furan rings is 1. The first-order valence-electron chi connectivity index (χ1n) is 11.8. The topological polar surface area (TPSA) is 63.8 Å². The Morgan fingerprint density at radius 2 is 1.92 bits per heavy atom. The van der Waals surface area contributed by atoms with Crippen LogP contribution in [-0.4, -0.2) is 12.1 Å². The normalized spacial score (nSPS) is 13.1. The Bertz CT molecular complexity index is 1430. The SMILES string of the molecule is O=C(NCc1ccco1)c1c(N=Cc2cc(Br)c(OCc3ccccc3Cl)c(Br)c2)sc2c1CCCC2. The average Bonchev–Trinajstić information content (AvgIpc) is 3.54. The molecule has 1 amide bonds. The summed E-state index contributed by atoms with van der Waals surface area (Å²) < 4.78 is 13.0. The second-order valence-corrected chi connectivity index (χ2v) is 11.8. The number of nitrogens with one attached hydrogen (secondary N) is 1. The van der Waals surface area contributed by atoms with Crippen molar-refractivity contribution in [3.05, 3.63) is 102 Å². The highest BCUT2D eigenvalue weighted by molar-refractivity contribution is 9.11. The van der Waals surface area contributed by atoms with Gasteiger partial charge in [-0.3, -0.25) is 4.79 Å². The summed E-state index contributed by atoms with van der Waals surface area (Å²) in [6.07, 6.45) is 7.50. The number of aliphatic imine (C=N–C) groups is 1. The Balaban J connectivity index is 1.36. The smallest absolute Gasteiger partial charge is 0.255 e. The second kappa shape index (κ2) is 12.0. The van der Waals surface area contributed by atoms with Gasteiger partial charge in [-0.2, -0.15) is 0 Å². The molecule has 190 valence electrons. The molecule has 2 heterocycles. The van der Waals surface area contributed by atoms with Crippen LogP contribution in [0.5, 0.6) is 5.75 Å². The van der Waals surface area contributed by atoms with Crippen molar-refractivity contribution in [3.8, 4) is 5.75 Å². The summed E-state index contributed by atoms with van der Waals surface area (Å²) in [6, 6.07) is 15.2. The molecular weight excluding hydrogens is 640 g/mol. The maximum Gasteiger partial charge on any atom is 0.255 e. The molecule has 0 atom stereocenters. The number of ether oxygens (including phenoxy) is 1. The molecule has 0 unspecified atom stereocenters. The molecule has 5 nitrogen and oxygen atoms in total. The van der Waals surface area contributed by atoms with Gasteiger partial charge in [-0.15, -0.1) is 11.3 Å². The number of nitrogens with zero attached hydrogens (tertiary/aromatic N) is 1. The number of halogens is 3. The number of fused-ring (bicyclic) bond motifs is 1. The lowest BCUT2D eigenvalue weighted by molar-refractivity contribution is 0.0948. The maximum absolute atomic E-state index is 13.2. The summed E-state index contributed by atoms with van der Waals surface area (Å²) >= 11 is 15.1. The Labute approximate surface area is 241 Å². The van der Waals surface area contributed by atoms with Crippen LogP contribution in [-0.2, 0) is 26.0 Å². The van der Waals surface area contributed by atoms with E-state index in [1.54, 1.807) is 23.8 Å². The van der Waals surface area contributed by atoms with E-state index in [-0.39, 0.29) is 5.91 Å². The monoisotopic (exact) mass is 660 g/mol. The van der Waals surface area contributed by atoms with Crippen molar-refractivity contribution in [2.24, 2.45) is 4.99 Å². The van der Waals surface area contributed by atoms with Crippen LogP contribution in [0.2, 0.25) is 5.02 Å². The van der Waals surface area contributed by atoms with E-state index in [0.29, 0.717) is 35.2 Å². The van der Waals surface area contributed by atoms with E-state index in [0.717, 1.165) is 56.3 Å². The molecule has 1 aliphatic rings. The summed E-state index contributed by atoms with van der Waals surface area (Å²) in [4.78, 5) is 19.2. The first-order chi connectivity index (χ1) is 18.0. The second-order valence-electron chi connectivity index (χ2n) is 8.61. The molecular formula is C28H23Br2ClN2O3S. The molecule has 0 spiro atoms. The summed E-state index contributed by atoms with van der Waals surface area (Å²) in [6.45, 7) is 0.691. The van der Waals surface area contributed by atoms with E-state index in [1.165, 1.54) is 4.88 Å². The van der Waals surface area contributed by atoms with Gasteiger partial charge in [-0.1, -0.05) is 29.8 Å². The molecule has 1 aliphatic carbocycles. The largest absolute Gasteiger partial charge is 0.486 e. The average molecular weight is 663 g/mol. The number of hydrogen-bond donors (Lipinski definition) is 1. The molecule has 5 rings (SSSR count). The quantitative estimate of drug-likeness (QED) is 0.192. The summed E-state index contributed by atoms with van der Waals surface area (Å²) in [7, 11) is 0. The van der Waals surface area contributed by atoms with Crippen LogP contribution in [0.15, 0.2) is 73.1 Å². The number of rotatable bonds is 8. The molecule has 37 heavy (non-hydrogen) atoms. The first kappa shape index (κ1) is 26.2. The van der Waals surface area contributed by atoms with Crippen molar-refractivity contribution in [3.63, 3.8) is 0 Å². The van der Waals surface area contributed by atoms with Crippen molar-refractivity contribution < 1.29 is 13.9 Å². The van der Waals surface area contributed by atoms with Gasteiger partial charge in [0.05, 0.1) is 27.3 Å². The van der Waals surface area contributed by atoms with E-state index in [1.807, 2.05) is 48.5 Å². The minimum absolute atomic E-state index is 0.117. The highest BCUT2D eigenvalue weighted by atomic mass is 79.9. The lowest BCUT2D eigenvalue weighted by Crippen LogP contribution is -2.23. The van der Waals surface area contributed by atoms with Crippen LogP contribution in [0.3, 0.4) is 0 Å². The van der Waals surface area contributed by atoms with Crippen LogP contribution in [0.1, 0.15) is 50.5 Å². The van der Waals surface area contributed by atoms with Crippen molar-refractivity contribution in [1.82, 2.24) is 5.32 Å². The van der Waals surface area contributed by atoms with Gasteiger partial charge in [0.1, 0.15) is 23.1 Å². The maximum atomic E-state index is 13.2. The minimum atomic E-state index is -0.117. The van der Waals surface area contributed by atoms with Gasteiger partial charge in [-0.05, 0) is 99.0 Å². The molecule has 2 aromatic heterocycles. The highest BCUT2D eigenvalue weighted by Gasteiger charge is 2.25. The van der Waals surface area contributed by atoms with Crippen LogP contribution >= 0.6 is 54.8 Å². The Kier molecular flexibility index (Phi) is 8.49. The highest BCUT2D eigenvalue weighted by Crippen LogP contribution is 2.40. The molecule has 0 aliphatic heterocycles. The Morgan fingerprint density at radius 3 is 2.68 bits per heavy atom. The third-order valence-electron chi connectivity index (χ3n) is 6.06. The zero-order valence-electron chi connectivity index (χ0n) is 19.7. The molecule has 0 bridgehead atoms. The molecule has 0 fully saturated rings. The van der Waals surface area contributed by atoms with Crippen LogP contribution in [0.25, 0.3) is 0 Å². The molecule has 2 aromatic carbocycles. The third kappa shape index (κ3) is 6.20. The van der Waals surface area contributed by atoms with Crippen molar-refractivity contribution in [1.29, 1.82) is 0 Å². The van der Waals surface area contributed by atoms with E-state index in [2.05, 4.69) is 37.2 Å². The molecule has 1 N–H and O–H groups in total. The molecule has 0 saturated carbocycles. The number of thiophene rings is 1. The van der Waals surface area contributed by atoms with E-state index in [4.69, 9.17) is 25.7 Å². The number of hydrogen-bond acceptors (Lipinski definition) is 5. The predicted molar refractivity (Wildman–Crippen MR) is 156 cm³/mol. The molecule has 0 radical (unpaired) electrons. The van der Waals surface area contributed by atoms with Gasteiger partial charge < -0.3 is 14.5 Å². The lowest BCUT2D eigenvalue weighted by Gasteiger charge is -2.12. The predicted octanol–water partition coefficient (Wildman–Crippen LogP) is 8.66. The molecule has 0 saturated heterocycles. The Morgan fingerprint density at radius 1 is 1.14 bits per heavy atom. The van der Waals surface area contributed by atoms with Crippen LogP contribution in [0.4, 0.5) is 5.00 Å². The fourth-order valence-corrected chi connectivity index (χ4v) is 7.11. The van der Waals surface area contributed by atoms with Crippen molar-refractivity contribution >= 4 is 71.9 Å². The zero-order chi connectivity index (χ0) is 25.8. The summed E-state index contributed by atoms with van der Waals surface area (Å²) in [5.41, 5.74) is 3.59. The van der Waals surface area contributed by atoms with Gasteiger partial charge in [0.15, 0.2) is 0 Å². The van der Waals surface area contributed by atoms with Crippen molar-refractivity contribution in [2.45, 2.75) is 38.8 Å². The van der Waals surface area contributed by atoms with Crippen LogP contribution < -0.4 is 10.1 Å². The van der Waals surface area contributed by atoms with Gasteiger partial charge in [-0.25, -0.2) is 4.99 Å². The van der Waals surface area contributed by atoms with Gasteiger partial charge in [0.25, 0.3) is 5.91 Å². The lowest BCUT2D eigenvalue weighted by atomic mass is 9.95. The number of carbonyl (C=O) groups excluding carboxylic acids is 1. The summed E-state index contributed by atoms with van der Waals surface area (Å²) in [5.74, 6) is 1.28. The minimum Gasteiger partial charge on any atom is -0.486 e. The van der Waals surface area contributed by atoms with Gasteiger partial charge >= 0.3 is 0 Å². The molecule has 9 heteroatoms. The van der Waals surface area contributed by atoms with Gasteiger partial charge in [0.2, 0.25) is 0 Å². The third-order valence-corrected chi connectivity index (χ3v) is 8.81. The first-order valence-corrected chi connectivity index (χ1v) is 14.6. The Hall–Kier alpha value is -2.39.